The lowest BCUT2D eigenvalue weighted by molar-refractivity contribution is -0.132. The van der Waals surface area contributed by atoms with Gasteiger partial charge in [-0.05, 0) is 18.8 Å². The first-order valence-corrected chi connectivity index (χ1v) is 7.62. The Kier molecular flexibility index (Phi) is 5.30. The van der Waals surface area contributed by atoms with Crippen molar-refractivity contribution in [3.63, 3.8) is 0 Å². The highest BCUT2D eigenvalue weighted by Gasteiger charge is 2.23. The molecular formula is C15H23N5O2. The van der Waals surface area contributed by atoms with Gasteiger partial charge in [0.2, 0.25) is 11.9 Å². The lowest BCUT2D eigenvalue weighted by atomic mass is 10.0. The molecule has 2 rings (SSSR count). The van der Waals surface area contributed by atoms with Gasteiger partial charge in [0.15, 0.2) is 0 Å². The van der Waals surface area contributed by atoms with Crippen LogP contribution in [-0.4, -0.2) is 45.8 Å². The largest absolute Gasteiger partial charge is 0.366 e. The normalized spacial score (nSPS) is 15.9. The van der Waals surface area contributed by atoms with Crippen molar-refractivity contribution < 1.29 is 9.59 Å². The van der Waals surface area contributed by atoms with E-state index < -0.39 is 5.91 Å². The third kappa shape index (κ3) is 4.41. The molecule has 7 nitrogen and oxygen atoms in total. The minimum atomic E-state index is -0.538. The average Bonchev–Trinajstić information content (AvgIpc) is 2.48. The van der Waals surface area contributed by atoms with Crippen LogP contribution in [0, 0.1) is 5.92 Å². The number of nitrogens with zero attached hydrogens (tertiary/aromatic N) is 3. The third-order valence-corrected chi connectivity index (χ3v) is 3.70. The van der Waals surface area contributed by atoms with E-state index in [9.17, 15) is 9.59 Å². The Bertz CT molecular complexity index is 521. The molecule has 120 valence electrons. The maximum atomic E-state index is 12.0. The predicted molar refractivity (Wildman–Crippen MR) is 83.2 cm³/mol. The molecule has 1 aromatic rings. The first kappa shape index (κ1) is 16.2. The quantitative estimate of drug-likeness (QED) is 0.846. The molecule has 1 aliphatic rings. The number of hydrogen-bond donors (Lipinski definition) is 2. The predicted octanol–water partition coefficient (Wildman–Crippen LogP) is 1.02. The van der Waals surface area contributed by atoms with Crippen molar-refractivity contribution in [3.8, 4) is 0 Å². The fourth-order valence-corrected chi connectivity index (χ4v) is 2.46. The van der Waals surface area contributed by atoms with E-state index in [-0.39, 0.29) is 11.9 Å². The van der Waals surface area contributed by atoms with Gasteiger partial charge in [0.25, 0.3) is 5.91 Å². The van der Waals surface area contributed by atoms with Crippen molar-refractivity contribution >= 4 is 17.8 Å². The monoisotopic (exact) mass is 305 g/mol. The molecule has 1 aromatic heterocycles. The molecule has 22 heavy (non-hydrogen) atoms. The Labute approximate surface area is 130 Å². The highest BCUT2D eigenvalue weighted by atomic mass is 16.2. The molecule has 1 aliphatic heterocycles. The van der Waals surface area contributed by atoms with E-state index in [1.165, 1.54) is 12.4 Å². The number of aromatic nitrogens is 2. The van der Waals surface area contributed by atoms with E-state index in [2.05, 4.69) is 29.1 Å². The van der Waals surface area contributed by atoms with Gasteiger partial charge in [0.05, 0.1) is 5.56 Å². The molecule has 0 spiro atoms. The number of piperidine rings is 1. The summed E-state index contributed by atoms with van der Waals surface area (Å²) in [5.41, 5.74) is 5.44. The maximum absolute atomic E-state index is 12.0. The van der Waals surface area contributed by atoms with Crippen LogP contribution in [0.3, 0.4) is 0 Å². The number of nitrogens with two attached hydrogens (primary N) is 1. The summed E-state index contributed by atoms with van der Waals surface area (Å²) >= 11 is 0. The second-order valence-corrected chi connectivity index (χ2v) is 6.06. The zero-order valence-corrected chi connectivity index (χ0v) is 13.1. The summed E-state index contributed by atoms with van der Waals surface area (Å²) < 4.78 is 0. The van der Waals surface area contributed by atoms with Gasteiger partial charge < -0.3 is 16.0 Å². The Balaban J connectivity index is 1.82. The highest BCUT2D eigenvalue weighted by molar-refractivity contribution is 5.92. The van der Waals surface area contributed by atoms with E-state index in [1.807, 2.05) is 4.90 Å². The number of rotatable bonds is 5. The van der Waals surface area contributed by atoms with Crippen LogP contribution in [0.5, 0.6) is 0 Å². The standard InChI is InChI=1S/C15H23N5O2/c1-10(2)7-13(21)20-5-3-12(4-6-20)19-15-17-8-11(9-18-15)14(16)22/h8-10,12H,3-7H2,1-2H3,(H2,16,22)(H,17,18,19). The zero-order valence-electron chi connectivity index (χ0n) is 13.1. The van der Waals surface area contributed by atoms with Crippen molar-refractivity contribution in [1.29, 1.82) is 0 Å². The Morgan fingerprint density at radius 3 is 2.41 bits per heavy atom. The Morgan fingerprint density at radius 1 is 1.32 bits per heavy atom. The number of hydrogen-bond acceptors (Lipinski definition) is 5. The number of carbonyl (C=O) groups excluding carboxylic acids is 2. The highest BCUT2D eigenvalue weighted by Crippen LogP contribution is 2.16. The second-order valence-electron chi connectivity index (χ2n) is 6.06. The van der Waals surface area contributed by atoms with E-state index in [0.717, 1.165) is 25.9 Å². The SMILES string of the molecule is CC(C)CC(=O)N1CCC(Nc2ncc(C(N)=O)cn2)CC1. The molecule has 0 saturated carbocycles. The van der Waals surface area contributed by atoms with Gasteiger partial charge in [-0.1, -0.05) is 13.8 Å². The maximum Gasteiger partial charge on any atom is 0.251 e. The van der Waals surface area contributed by atoms with E-state index in [0.29, 0.717) is 23.9 Å². The molecule has 0 bridgehead atoms. The number of anilines is 1. The average molecular weight is 305 g/mol. The van der Waals surface area contributed by atoms with E-state index in [4.69, 9.17) is 5.73 Å². The van der Waals surface area contributed by atoms with Crippen LogP contribution < -0.4 is 11.1 Å². The van der Waals surface area contributed by atoms with Crippen LogP contribution in [0.1, 0.15) is 43.5 Å². The summed E-state index contributed by atoms with van der Waals surface area (Å²) in [6.07, 6.45) is 5.17. The van der Waals surface area contributed by atoms with Crippen LogP contribution >= 0.6 is 0 Å². The van der Waals surface area contributed by atoms with Crippen LogP contribution in [-0.2, 0) is 4.79 Å². The van der Waals surface area contributed by atoms with Gasteiger partial charge in [-0.15, -0.1) is 0 Å². The summed E-state index contributed by atoms with van der Waals surface area (Å²) in [4.78, 5) is 33.1. The summed E-state index contributed by atoms with van der Waals surface area (Å²) in [5, 5.41) is 3.23. The first-order chi connectivity index (χ1) is 10.5. The van der Waals surface area contributed by atoms with Crippen molar-refractivity contribution in [3.05, 3.63) is 18.0 Å². The Hall–Kier alpha value is -2.18. The van der Waals surface area contributed by atoms with Gasteiger partial charge in [-0.25, -0.2) is 9.97 Å². The molecule has 1 saturated heterocycles. The molecule has 0 unspecified atom stereocenters. The van der Waals surface area contributed by atoms with Crippen LogP contribution in [0.4, 0.5) is 5.95 Å². The van der Waals surface area contributed by atoms with Crippen LogP contribution in [0.2, 0.25) is 0 Å². The molecule has 0 atom stereocenters. The van der Waals surface area contributed by atoms with E-state index in [1.54, 1.807) is 0 Å². The minimum Gasteiger partial charge on any atom is -0.366 e. The summed E-state index contributed by atoms with van der Waals surface area (Å²) in [5.74, 6) is 0.566. The molecule has 3 N–H and O–H groups in total. The molecule has 0 aromatic carbocycles. The number of amides is 2. The molecule has 2 amide bonds. The van der Waals surface area contributed by atoms with Gasteiger partial charge in [-0.2, -0.15) is 0 Å². The van der Waals surface area contributed by atoms with Gasteiger partial charge in [0, 0.05) is 37.9 Å². The van der Waals surface area contributed by atoms with Crippen molar-refractivity contribution in [2.24, 2.45) is 11.7 Å². The van der Waals surface area contributed by atoms with Crippen LogP contribution in [0.25, 0.3) is 0 Å². The Morgan fingerprint density at radius 2 is 1.91 bits per heavy atom. The second kappa shape index (κ2) is 7.20. The lowest BCUT2D eigenvalue weighted by Crippen LogP contribution is -2.42. The molecule has 2 heterocycles. The molecule has 7 heteroatoms. The summed E-state index contributed by atoms with van der Waals surface area (Å²) in [6, 6.07) is 0.238. The van der Waals surface area contributed by atoms with Crippen molar-refractivity contribution in [2.75, 3.05) is 18.4 Å². The topological polar surface area (TPSA) is 101 Å². The van der Waals surface area contributed by atoms with Gasteiger partial charge >= 0.3 is 0 Å². The summed E-state index contributed by atoms with van der Waals surface area (Å²) in [6.45, 7) is 5.61. The minimum absolute atomic E-state index is 0.232. The fourth-order valence-electron chi connectivity index (χ4n) is 2.46. The van der Waals surface area contributed by atoms with Crippen molar-refractivity contribution in [2.45, 2.75) is 39.2 Å². The van der Waals surface area contributed by atoms with Gasteiger partial charge in [0.1, 0.15) is 0 Å². The number of nitrogens with one attached hydrogen (secondary N) is 1. The smallest absolute Gasteiger partial charge is 0.251 e. The first-order valence-electron chi connectivity index (χ1n) is 7.62. The lowest BCUT2D eigenvalue weighted by Gasteiger charge is -2.32. The molecule has 0 radical (unpaired) electrons. The zero-order chi connectivity index (χ0) is 16.1. The molecule has 1 fully saturated rings. The van der Waals surface area contributed by atoms with Crippen LogP contribution in [0.15, 0.2) is 12.4 Å². The number of carbonyl (C=O) groups is 2. The van der Waals surface area contributed by atoms with Crippen molar-refractivity contribution in [1.82, 2.24) is 14.9 Å². The summed E-state index contributed by atoms with van der Waals surface area (Å²) in [7, 11) is 0. The van der Waals surface area contributed by atoms with Gasteiger partial charge in [-0.3, -0.25) is 9.59 Å². The fraction of sp³-hybridized carbons (Fsp3) is 0.600. The molecular weight excluding hydrogens is 282 g/mol. The van der Waals surface area contributed by atoms with E-state index >= 15 is 0 Å². The third-order valence-electron chi connectivity index (χ3n) is 3.70. The number of primary amides is 1. The number of likely N-dealkylation sites (tertiary alicyclic amines) is 1. The molecule has 0 aliphatic carbocycles.